The summed E-state index contributed by atoms with van der Waals surface area (Å²) >= 11 is 0. The van der Waals surface area contributed by atoms with Gasteiger partial charge in [0.05, 0.1) is 24.3 Å². The number of amides is 1. The zero-order chi connectivity index (χ0) is 14.8. The number of hydrogen-bond acceptors (Lipinski definition) is 3. The summed E-state index contributed by atoms with van der Waals surface area (Å²) in [4.78, 5) is 14.5. The van der Waals surface area contributed by atoms with Gasteiger partial charge in [-0.3, -0.25) is 4.79 Å². The van der Waals surface area contributed by atoms with E-state index < -0.39 is 5.72 Å². The average Bonchev–Trinajstić information content (AvgIpc) is 3.07. The number of nitrogens with zero attached hydrogens (tertiary/aromatic N) is 2. The van der Waals surface area contributed by atoms with E-state index in [1.54, 1.807) is 0 Å². The van der Waals surface area contributed by atoms with Crippen molar-refractivity contribution in [3.63, 3.8) is 0 Å². The first kappa shape index (κ1) is 12.8. The molecular weight excluding hydrogens is 264 g/mol. The SMILES string of the molecule is CC(C)[C@@H]1COC23c4cccc(C#N)c4CC2CC(=O)N13. The largest absolute Gasteiger partial charge is 0.349 e. The van der Waals surface area contributed by atoms with E-state index in [9.17, 15) is 10.1 Å². The minimum Gasteiger partial charge on any atom is -0.349 e. The molecule has 3 aliphatic rings. The van der Waals surface area contributed by atoms with Gasteiger partial charge in [0.1, 0.15) is 0 Å². The smallest absolute Gasteiger partial charge is 0.225 e. The first-order valence-corrected chi connectivity index (χ1v) is 7.58. The van der Waals surface area contributed by atoms with Crippen LogP contribution in [0.1, 0.15) is 37.0 Å². The zero-order valence-corrected chi connectivity index (χ0v) is 12.3. The Hall–Kier alpha value is -1.86. The molecule has 1 aromatic carbocycles. The lowest BCUT2D eigenvalue weighted by atomic mass is 9.96. The predicted molar refractivity (Wildman–Crippen MR) is 76.1 cm³/mol. The molecule has 4 nitrogen and oxygen atoms in total. The molecule has 0 aromatic heterocycles. The van der Waals surface area contributed by atoms with Crippen molar-refractivity contribution >= 4 is 5.91 Å². The van der Waals surface area contributed by atoms with Gasteiger partial charge in [-0.1, -0.05) is 26.0 Å². The normalized spacial score (nSPS) is 33.0. The Labute approximate surface area is 124 Å². The molecule has 0 saturated carbocycles. The van der Waals surface area contributed by atoms with Crippen molar-refractivity contribution < 1.29 is 9.53 Å². The van der Waals surface area contributed by atoms with Crippen LogP contribution >= 0.6 is 0 Å². The molecule has 1 spiro atoms. The Morgan fingerprint density at radius 2 is 2.24 bits per heavy atom. The van der Waals surface area contributed by atoms with Crippen LogP contribution < -0.4 is 0 Å². The maximum absolute atomic E-state index is 12.5. The summed E-state index contributed by atoms with van der Waals surface area (Å²) in [6.45, 7) is 4.86. The second-order valence-electron chi connectivity index (χ2n) is 6.63. The molecule has 2 aliphatic heterocycles. The third-order valence-electron chi connectivity index (χ3n) is 5.31. The summed E-state index contributed by atoms with van der Waals surface area (Å²) in [5.41, 5.74) is 2.24. The second-order valence-corrected chi connectivity index (χ2v) is 6.63. The molecule has 4 rings (SSSR count). The summed E-state index contributed by atoms with van der Waals surface area (Å²) in [5.74, 6) is 0.720. The van der Waals surface area contributed by atoms with Gasteiger partial charge in [0.2, 0.25) is 5.91 Å². The quantitative estimate of drug-likeness (QED) is 0.793. The first-order chi connectivity index (χ1) is 10.1. The molecule has 1 amide bonds. The molecule has 21 heavy (non-hydrogen) atoms. The van der Waals surface area contributed by atoms with Crippen LogP contribution in [0.15, 0.2) is 18.2 Å². The number of carbonyl (C=O) groups is 1. The van der Waals surface area contributed by atoms with Crippen molar-refractivity contribution in [3.05, 3.63) is 34.9 Å². The van der Waals surface area contributed by atoms with Gasteiger partial charge in [0, 0.05) is 17.9 Å². The molecule has 4 heteroatoms. The molecule has 1 aliphatic carbocycles. The van der Waals surface area contributed by atoms with Crippen LogP contribution in [0.4, 0.5) is 0 Å². The van der Waals surface area contributed by atoms with E-state index in [0.717, 1.165) is 23.1 Å². The van der Waals surface area contributed by atoms with E-state index in [1.165, 1.54) is 0 Å². The third kappa shape index (κ3) is 1.40. The van der Waals surface area contributed by atoms with E-state index in [2.05, 4.69) is 19.9 Å². The van der Waals surface area contributed by atoms with Gasteiger partial charge in [-0.15, -0.1) is 0 Å². The Balaban J connectivity index is 1.91. The summed E-state index contributed by atoms with van der Waals surface area (Å²) in [6.07, 6.45) is 1.30. The monoisotopic (exact) mass is 282 g/mol. The molecule has 2 heterocycles. The van der Waals surface area contributed by atoms with Crippen molar-refractivity contribution in [2.75, 3.05) is 6.61 Å². The summed E-state index contributed by atoms with van der Waals surface area (Å²) < 4.78 is 6.25. The van der Waals surface area contributed by atoms with Gasteiger partial charge in [-0.05, 0) is 24.0 Å². The van der Waals surface area contributed by atoms with E-state index >= 15 is 0 Å². The molecule has 0 bridgehead atoms. The lowest BCUT2D eigenvalue weighted by Gasteiger charge is -2.35. The number of hydrogen-bond donors (Lipinski definition) is 0. The Morgan fingerprint density at radius 3 is 2.95 bits per heavy atom. The van der Waals surface area contributed by atoms with Crippen LogP contribution in [-0.2, 0) is 21.7 Å². The number of nitriles is 1. The van der Waals surface area contributed by atoms with Crippen molar-refractivity contribution in [2.24, 2.45) is 11.8 Å². The maximum atomic E-state index is 12.5. The molecule has 0 radical (unpaired) electrons. The highest BCUT2D eigenvalue weighted by Crippen LogP contribution is 2.57. The van der Waals surface area contributed by atoms with Crippen LogP contribution in [0.3, 0.4) is 0 Å². The fourth-order valence-electron chi connectivity index (χ4n) is 4.36. The zero-order valence-electron chi connectivity index (χ0n) is 12.3. The van der Waals surface area contributed by atoms with Gasteiger partial charge in [-0.2, -0.15) is 5.26 Å². The van der Waals surface area contributed by atoms with Crippen molar-refractivity contribution in [3.8, 4) is 6.07 Å². The lowest BCUT2D eigenvalue weighted by molar-refractivity contribution is -0.142. The number of benzene rings is 1. The molecule has 1 aromatic rings. The number of rotatable bonds is 1. The highest BCUT2D eigenvalue weighted by atomic mass is 16.5. The molecule has 2 saturated heterocycles. The van der Waals surface area contributed by atoms with Gasteiger partial charge < -0.3 is 9.64 Å². The van der Waals surface area contributed by atoms with Crippen LogP contribution in [0.25, 0.3) is 0 Å². The van der Waals surface area contributed by atoms with E-state index in [-0.39, 0.29) is 17.9 Å². The standard InChI is InChI=1S/C17H18N2O2/c1-10(2)15-9-21-17-12(7-16(20)19(15)17)6-13-11(8-18)4-3-5-14(13)17/h3-5,10,12,15H,6-7,9H2,1-2H3/t12?,15-,17?/m0/s1. The highest BCUT2D eigenvalue weighted by Gasteiger charge is 2.64. The summed E-state index contributed by atoms with van der Waals surface area (Å²) in [7, 11) is 0. The van der Waals surface area contributed by atoms with Crippen LogP contribution in [0.5, 0.6) is 0 Å². The third-order valence-corrected chi connectivity index (χ3v) is 5.31. The van der Waals surface area contributed by atoms with Crippen molar-refractivity contribution in [1.29, 1.82) is 5.26 Å². The Bertz CT molecular complexity index is 676. The molecule has 0 N–H and O–H groups in total. The Kier molecular flexibility index (Phi) is 2.50. The van der Waals surface area contributed by atoms with E-state index in [1.807, 2.05) is 23.1 Å². The van der Waals surface area contributed by atoms with Gasteiger partial charge in [0.25, 0.3) is 0 Å². The van der Waals surface area contributed by atoms with Crippen molar-refractivity contribution in [2.45, 2.75) is 38.5 Å². The van der Waals surface area contributed by atoms with Crippen LogP contribution in [0.2, 0.25) is 0 Å². The fourth-order valence-corrected chi connectivity index (χ4v) is 4.36. The predicted octanol–water partition coefficient (Wildman–Crippen LogP) is 2.17. The molecule has 108 valence electrons. The first-order valence-electron chi connectivity index (χ1n) is 7.58. The van der Waals surface area contributed by atoms with Gasteiger partial charge >= 0.3 is 0 Å². The minimum atomic E-state index is -0.603. The number of ether oxygens (including phenoxy) is 1. The second kappa shape index (κ2) is 4.08. The average molecular weight is 282 g/mol. The number of fused-ring (bicyclic) bond motifs is 1. The maximum Gasteiger partial charge on any atom is 0.225 e. The van der Waals surface area contributed by atoms with Crippen LogP contribution in [0, 0.1) is 23.2 Å². The van der Waals surface area contributed by atoms with Gasteiger partial charge in [0.15, 0.2) is 5.72 Å². The van der Waals surface area contributed by atoms with E-state index in [4.69, 9.17) is 4.74 Å². The van der Waals surface area contributed by atoms with Crippen molar-refractivity contribution in [1.82, 2.24) is 4.90 Å². The minimum absolute atomic E-state index is 0.138. The fraction of sp³-hybridized carbons (Fsp3) is 0.529. The lowest BCUT2D eigenvalue weighted by Crippen LogP contribution is -2.46. The summed E-state index contributed by atoms with van der Waals surface area (Å²) in [5, 5.41) is 9.32. The van der Waals surface area contributed by atoms with E-state index in [0.29, 0.717) is 18.9 Å². The summed E-state index contributed by atoms with van der Waals surface area (Å²) in [6, 6.07) is 8.21. The highest BCUT2D eigenvalue weighted by molar-refractivity contribution is 5.82. The topological polar surface area (TPSA) is 53.3 Å². The molecule has 2 fully saturated rings. The Morgan fingerprint density at radius 1 is 1.43 bits per heavy atom. The van der Waals surface area contributed by atoms with Gasteiger partial charge in [-0.25, -0.2) is 0 Å². The molecule has 2 unspecified atom stereocenters. The number of carbonyl (C=O) groups excluding carboxylic acids is 1. The molecular formula is C17H18N2O2. The molecule has 3 atom stereocenters. The van der Waals surface area contributed by atoms with Crippen LogP contribution in [-0.4, -0.2) is 23.5 Å².